The van der Waals surface area contributed by atoms with Crippen molar-refractivity contribution in [1.29, 1.82) is 0 Å². The molecule has 3 aromatic rings. The molecule has 0 unspecified atom stereocenters. The van der Waals surface area contributed by atoms with Crippen LogP contribution in [0.5, 0.6) is 0 Å². The molecular weight excluding hydrogens is 413 g/mol. The zero-order chi connectivity index (χ0) is 21.3. The van der Waals surface area contributed by atoms with Crippen molar-refractivity contribution in [3.63, 3.8) is 0 Å². The fourth-order valence-corrected chi connectivity index (χ4v) is 3.58. The van der Waals surface area contributed by atoms with E-state index in [4.69, 9.17) is 16.1 Å². The number of halogens is 2. The van der Waals surface area contributed by atoms with E-state index in [-0.39, 0.29) is 11.5 Å². The molecule has 10 heteroatoms. The first-order valence-corrected chi connectivity index (χ1v) is 9.79. The Morgan fingerprint density at radius 3 is 2.67 bits per heavy atom. The summed E-state index contributed by atoms with van der Waals surface area (Å²) in [5.41, 5.74) is 1.68. The van der Waals surface area contributed by atoms with Gasteiger partial charge in [0.15, 0.2) is 0 Å². The molecule has 1 aliphatic heterocycles. The Kier molecular flexibility index (Phi) is 5.65. The molecule has 1 saturated heterocycles. The normalized spacial score (nSPS) is 14.8. The van der Waals surface area contributed by atoms with Gasteiger partial charge in [-0.15, -0.1) is 0 Å². The molecule has 1 fully saturated rings. The van der Waals surface area contributed by atoms with Crippen LogP contribution in [0.1, 0.15) is 11.5 Å². The van der Waals surface area contributed by atoms with Crippen LogP contribution in [0.15, 0.2) is 40.9 Å². The van der Waals surface area contributed by atoms with Gasteiger partial charge in [-0.05, 0) is 30.7 Å². The molecule has 30 heavy (non-hydrogen) atoms. The maximum absolute atomic E-state index is 13.8. The lowest BCUT2D eigenvalue weighted by Crippen LogP contribution is -2.46. The molecular formula is C20H19ClFN5O3. The predicted molar refractivity (Wildman–Crippen MR) is 110 cm³/mol. The van der Waals surface area contributed by atoms with Crippen LogP contribution >= 0.6 is 11.6 Å². The smallest absolute Gasteiger partial charge is 0.294 e. The van der Waals surface area contributed by atoms with Crippen LogP contribution in [0, 0.1) is 22.9 Å². The SMILES string of the molecule is Cc1ccc(-c2noc(CN3CCN(c4ccc(Cl)cc4[N+](=O)[O-])CC3)n2)cc1F. The summed E-state index contributed by atoms with van der Waals surface area (Å²) in [6, 6.07) is 9.53. The summed E-state index contributed by atoms with van der Waals surface area (Å²) in [7, 11) is 0. The summed E-state index contributed by atoms with van der Waals surface area (Å²) < 4.78 is 19.1. The number of rotatable bonds is 5. The van der Waals surface area contributed by atoms with Crippen molar-refractivity contribution in [3.8, 4) is 11.4 Å². The van der Waals surface area contributed by atoms with Crippen molar-refractivity contribution in [3.05, 3.63) is 68.8 Å². The second-order valence-electron chi connectivity index (χ2n) is 7.13. The number of nitrogens with zero attached hydrogens (tertiary/aromatic N) is 5. The Labute approximate surface area is 177 Å². The van der Waals surface area contributed by atoms with E-state index in [1.807, 2.05) is 4.90 Å². The van der Waals surface area contributed by atoms with E-state index in [2.05, 4.69) is 15.0 Å². The second-order valence-corrected chi connectivity index (χ2v) is 7.57. The minimum absolute atomic E-state index is 0.00261. The minimum Gasteiger partial charge on any atom is -0.363 e. The van der Waals surface area contributed by atoms with Gasteiger partial charge in [0.05, 0.1) is 11.5 Å². The van der Waals surface area contributed by atoms with Gasteiger partial charge in [-0.1, -0.05) is 28.9 Å². The van der Waals surface area contributed by atoms with Crippen molar-refractivity contribution in [2.24, 2.45) is 0 Å². The van der Waals surface area contributed by atoms with Gasteiger partial charge in [-0.3, -0.25) is 15.0 Å². The molecule has 0 atom stereocenters. The van der Waals surface area contributed by atoms with Gasteiger partial charge in [0.1, 0.15) is 11.5 Å². The molecule has 2 heterocycles. The van der Waals surface area contributed by atoms with Gasteiger partial charge < -0.3 is 9.42 Å². The van der Waals surface area contributed by atoms with E-state index in [1.54, 1.807) is 31.2 Å². The standard InChI is InChI=1S/C20H19ClFN5O3/c1-13-2-3-14(10-16(13)22)20-23-19(30-24-20)12-25-6-8-26(9-7-25)17-5-4-15(21)11-18(17)27(28)29/h2-5,10-11H,6-9,12H2,1H3. The summed E-state index contributed by atoms with van der Waals surface area (Å²) in [5, 5.41) is 15.6. The molecule has 2 aromatic carbocycles. The van der Waals surface area contributed by atoms with Crippen LogP contribution in [0.4, 0.5) is 15.8 Å². The molecule has 0 bridgehead atoms. The Morgan fingerprint density at radius 1 is 1.20 bits per heavy atom. The lowest BCUT2D eigenvalue weighted by molar-refractivity contribution is -0.384. The third-order valence-corrected chi connectivity index (χ3v) is 5.34. The third kappa shape index (κ3) is 4.27. The monoisotopic (exact) mass is 431 g/mol. The molecule has 1 aliphatic rings. The first-order valence-electron chi connectivity index (χ1n) is 9.41. The molecule has 0 N–H and O–H groups in total. The largest absolute Gasteiger partial charge is 0.363 e. The van der Waals surface area contributed by atoms with Gasteiger partial charge >= 0.3 is 0 Å². The molecule has 1 aromatic heterocycles. The summed E-state index contributed by atoms with van der Waals surface area (Å²) in [6.45, 7) is 4.74. The van der Waals surface area contributed by atoms with E-state index in [0.29, 0.717) is 66.3 Å². The first kappa shape index (κ1) is 20.2. The number of aryl methyl sites for hydroxylation is 1. The number of nitro benzene ring substituents is 1. The molecule has 4 rings (SSSR count). The minimum atomic E-state index is -0.415. The highest BCUT2D eigenvalue weighted by Gasteiger charge is 2.25. The topological polar surface area (TPSA) is 88.5 Å². The Morgan fingerprint density at radius 2 is 1.97 bits per heavy atom. The number of hydrogen-bond donors (Lipinski definition) is 0. The lowest BCUT2D eigenvalue weighted by Gasteiger charge is -2.35. The predicted octanol–water partition coefficient (Wildman–Crippen LogP) is 4.07. The molecule has 156 valence electrons. The maximum atomic E-state index is 13.8. The number of benzene rings is 2. The average Bonchev–Trinajstić information content (AvgIpc) is 3.19. The van der Waals surface area contributed by atoms with Gasteiger partial charge in [0, 0.05) is 42.8 Å². The quantitative estimate of drug-likeness (QED) is 0.444. The fraction of sp³-hybridized carbons (Fsp3) is 0.300. The summed E-state index contributed by atoms with van der Waals surface area (Å²) in [5.74, 6) is 0.475. The number of aromatic nitrogens is 2. The van der Waals surface area contributed by atoms with E-state index in [9.17, 15) is 14.5 Å². The summed E-state index contributed by atoms with van der Waals surface area (Å²) in [6.07, 6.45) is 0. The molecule has 0 radical (unpaired) electrons. The Hall–Kier alpha value is -3.04. The molecule has 8 nitrogen and oxygen atoms in total. The van der Waals surface area contributed by atoms with Gasteiger partial charge in [0.2, 0.25) is 11.7 Å². The highest BCUT2D eigenvalue weighted by molar-refractivity contribution is 6.30. The number of hydrogen-bond acceptors (Lipinski definition) is 7. The van der Waals surface area contributed by atoms with Crippen LogP contribution in [0.3, 0.4) is 0 Å². The summed E-state index contributed by atoms with van der Waals surface area (Å²) >= 11 is 5.90. The van der Waals surface area contributed by atoms with Crippen LogP contribution < -0.4 is 4.90 Å². The molecule has 0 amide bonds. The van der Waals surface area contributed by atoms with Crippen molar-refractivity contribution in [2.75, 3.05) is 31.1 Å². The highest BCUT2D eigenvalue weighted by Crippen LogP contribution is 2.31. The van der Waals surface area contributed by atoms with Crippen LogP contribution in [0.2, 0.25) is 5.02 Å². The van der Waals surface area contributed by atoms with E-state index < -0.39 is 4.92 Å². The molecule has 0 aliphatic carbocycles. The summed E-state index contributed by atoms with van der Waals surface area (Å²) in [4.78, 5) is 19.4. The number of piperazine rings is 1. The van der Waals surface area contributed by atoms with Crippen molar-refractivity contribution >= 4 is 23.0 Å². The Balaban J connectivity index is 1.40. The highest BCUT2D eigenvalue weighted by atomic mass is 35.5. The first-order chi connectivity index (χ1) is 14.4. The van der Waals surface area contributed by atoms with Crippen LogP contribution in [-0.2, 0) is 6.54 Å². The average molecular weight is 432 g/mol. The van der Waals surface area contributed by atoms with Gasteiger partial charge in [-0.25, -0.2) is 4.39 Å². The fourth-order valence-electron chi connectivity index (χ4n) is 3.42. The van der Waals surface area contributed by atoms with Crippen molar-refractivity contribution in [2.45, 2.75) is 13.5 Å². The number of anilines is 1. The van der Waals surface area contributed by atoms with Crippen molar-refractivity contribution < 1.29 is 13.8 Å². The van der Waals surface area contributed by atoms with E-state index in [1.165, 1.54) is 12.1 Å². The second kappa shape index (κ2) is 8.37. The van der Waals surface area contributed by atoms with Gasteiger partial charge in [0.25, 0.3) is 5.69 Å². The lowest BCUT2D eigenvalue weighted by atomic mass is 10.1. The van der Waals surface area contributed by atoms with Crippen LogP contribution in [0.25, 0.3) is 11.4 Å². The number of nitro groups is 1. The van der Waals surface area contributed by atoms with Crippen molar-refractivity contribution in [1.82, 2.24) is 15.0 Å². The third-order valence-electron chi connectivity index (χ3n) is 5.10. The zero-order valence-corrected chi connectivity index (χ0v) is 17.0. The zero-order valence-electron chi connectivity index (χ0n) is 16.2. The van der Waals surface area contributed by atoms with Gasteiger partial charge in [-0.2, -0.15) is 4.98 Å². The maximum Gasteiger partial charge on any atom is 0.294 e. The van der Waals surface area contributed by atoms with E-state index >= 15 is 0 Å². The molecule has 0 spiro atoms. The van der Waals surface area contributed by atoms with Crippen LogP contribution in [-0.4, -0.2) is 46.1 Å². The molecule has 0 saturated carbocycles. The van der Waals surface area contributed by atoms with E-state index in [0.717, 1.165) is 0 Å². The Bertz CT molecular complexity index is 1080.